The number of carbonyl (C=O) groups is 1. The summed E-state index contributed by atoms with van der Waals surface area (Å²) in [6, 6.07) is 10.4. The number of fused-ring (bicyclic) bond motifs is 1. The maximum absolute atomic E-state index is 12.6. The molecule has 2 heterocycles. The van der Waals surface area contributed by atoms with Crippen molar-refractivity contribution in [3.05, 3.63) is 47.0 Å². The van der Waals surface area contributed by atoms with Gasteiger partial charge < -0.3 is 19.5 Å². The molecule has 36 heavy (non-hydrogen) atoms. The summed E-state index contributed by atoms with van der Waals surface area (Å²) < 4.78 is 18.2. The van der Waals surface area contributed by atoms with E-state index in [4.69, 9.17) is 14.2 Å². The third kappa shape index (κ3) is 6.89. The SMILES string of the molecule is CCOC(=O)c1cc2scnc2cc1NC1CCN(Cc2cc(OC(C)C)cc(OC(C)C)c2)CC1. The Morgan fingerprint density at radius 1 is 1.06 bits per heavy atom. The maximum atomic E-state index is 12.6. The van der Waals surface area contributed by atoms with Gasteiger partial charge in [-0.15, -0.1) is 11.3 Å². The molecule has 3 aromatic rings. The molecular formula is C28H37N3O4S. The smallest absolute Gasteiger partial charge is 0.340 e. The number of likely N-dealkylation sites (tertiary alicyclic amines) is 1. The highest BCUT2D eigenvalue weighted by molar-refractivity contribution is 7.16. The van der Waals surface area contributed by atoms with E-state index >= 15 is 0 Å². The van der Waals surface area contributed by atoms with E-state index in [-0.39, 0.29) is 24.2 Å². The van der Waals surface area contributed by atoms with E-state index < -0.39 is 0 Å². The molecule has 1 aliphatic heterocycles. The molecule has 1 aromatic heterocycles. The van der Waals surface area contributed by atoms with Crippen LogP contribution < -0.4 is 14.8 Å². The number of ether oxygens (including phenoxy) is 3. The molecule has 1 fully saturated rings. The quantitative estimate of drug-likeness (QED) is 0.329. The van der Waals surface area contributed by atoms with E-state index in [0.29, 0.717) is 12.2 Å². The first-order chi connectivity index (χ1) is 17.3. The van der Waals surface area contributed by atoms with Gasteiger partial charge >= 0.3 is 5.97 Å². The number of thiazole rings is 1. The predicted molar refractivity (Wildman–Crippen MR) is 145 cm³/mol. The standard InChI is InChI=1S/C28H37N3O4S/c1-6-33-28(32)24-14-27-26(29-17-36-27)15-25(24)30-21-7-9-31(10-8-21)16-20-11-22(34-18(2)3)13-23(12-20)35-19(4)5/h11-15,17-19,21,30H,6-10,16H2,1-5H3. The number of hydrogen-bond donors (Lipinski definition) is 1. The van der Waals surface area contributed by atoms with Crippen LogP contribution in [0.25, 0.3) is 10.2 Å². The van der Waals surface area contributed by atoms with Crippen molar-refractivity contribution in [2.24, 2.45) is 0 Å². The fraction of sp³-hybridized carbons (Fsp3) is 0.500. The third-order valence-corrected chi connectivity index (χ3v) is 6.79. The molecule has 0 unspecified atom stereocenters. The van der Waals surface area contributed by atoms with Crippen molar-refractivity contribution in [3.8, 4) is 11.5 Å². The molecule has 0 saturated carbocycles. The van der Waals surface area contributed by atoms with E-state index in [2.05, 4.69) is 27.3 Å². The molecule has 0 aliphatic carbocycles. The molecule has 1 saturated heterocycles. The number of anilines is 1. The molecule has 8 heteroatoms. The van der Waals surface area contributed by atoms with Crippen LogP contribution in [0.1, 0.15) is 63.4 Å². The fourth-order valence-corrected chi connectivity index (χ4v) is 5.21. The highest BCUT2D eigenvalue weighted by atomic mass is 32.1. The van der Waals surface area contributed by atoms with Gasteiger partial charge in [0.1, 0.15) is 11.5 Å². The van der Waals surface area contributed by atoms with Crippen molar-refractivity contribution in [2.75, 3.05) is 25.0 Å². The van der Waals surface area contributed by atoms with Crippen LogP contribution in [-0.2, 0) is 11.3 Å². The molecule has 1 N–H and O–H groups in total. The van der Waals surface area contributed by atoms with Crippen LogP contribution in [0, 0.1) is 0 Å². The topological polar surface area (TPSA) is 72.9 Å². The number of nitrogens with zero attached hydrogens (tertiary/aromatic N) is 2. The van der Waals surface area contributed by atoms with Gasteiger partial charge in [-0.05, 0) is 77.3 Å². The van der Waals surface area contributed by atoms with Crippen LogP contribution in [0.2, 0.25) is 0 Å². The minimum absolute atomic E-state index is 0.108. The number of piperidine rings is 1. The third-order valence-electron chi connectivity index (χ3n) is 6.00. The van der Waals surface area contributed by atoms with Gasteiger partial charge in [0.15, 0.2) is 0 Å². The second-order valence-electron chi connectivity index (χ2n) is 9.78. The lowest BCUT2D eigenvalue weighted by atomic mass is 10.0. The number of carbonyl (C=O) groups excluding carboxylic acids is 1. The molecule has 0 atom stereocenters. The molecule has 2 aromatic carbocycles. The van der Waals surface area contributed by atoms with Gasteiger partial charge in [-0.2, -0.15) is 0 Å². The summed E-state index contributed by atoms with van der Waals surface area (Å²) in [4.78, 5) is 19.5. The Labute approximate surface area is 217 Å². The molecular weight excluding hydrogens is 474 g/mol. The Hall–Kier alpha value is -2.84. The molecule has 0 spiro atoms. The Morgan fingerprint density at radius 3 is 2.33 bits per heavy atom. The van der Waals surface area contributed by atoms with Gasteiger partial charge in [0.05, 0.1) is 45.8 Å². The predicted octanol–water partition coefficient (Wildman–Crippen LogP) is 6.12. The summed E-state index contributed by atoms with van der Waals surface area (Å²) in [5, 5.41) is 3.61. The van der Waals surface area contributed by atoms with Gasteiger partial charge in [-0.3, -0.25) is 4.90 Å². The van der Waals surface area contributed by atoms with Crippen molar-refractivity contribution in [3.63, 3.8) is 0 Å². The number of benzene rings is 2. The Bertz CT molecular complexity index is 1140. The van der Waals surface area contributed by atoms with Gasteiger partial charge in [-0.25, -0.2) is 9.78 Å². The number of aromatic nitrogens is 1. The second kappa shape index (κ2) is 11.9. The largest absolute Gasteiger partial charge is 0.491 e. The summed E-state index contributed by atoms with van der Waals surface area (Å²) >= 11 is 1.53. The second-order valence-corrected chi connectivity index (χ2v) is 10.7. The van der Waals surface area contributed by atoms with E-state index in [9.17, 15) is 4.79 Å². The number of rotatable bonds is 10. The summed E-state index contributed by atoms with van der Waals surface area (Å²) in [6.07, 6.45) is 2.18. The van der Waals surface area contributed by atoms with Crippen LogP contribution >= 0.6 is 11.3 Å². The zero-order chi connectivity index (χ0) is 25.7. The van der Waals surface area contributed by atoms with E-state index in [1.807, 2.05) is 52.8 Å². The summed E-state index contributed by atoms with van der Waals surface area (Å²) in [7, 11) is 0. The summed E-state index contributed by atoms with van der Waals surface area (Å²) in [6.45, 7) is 13.1. The monoisotopic (exact) mass is 511 g/mol. The first-order valence-electron chi connectivity index (χ1n) is 12.8. The Morgan fingerprint density at radius 2 is 1.72 bits per heavy atom. The number of esters is 1. The van der Waals surface area contributed by atoms with E-state index in [1.54, 1.807) is 5.51 Å². The highest BCUT2D eigenvalue weighted by Gasteiger charge is 2.23. The van der Waals surface area contributed by atoms with Gasteiger partial charge in [0, 0.05) is 31.7 Å². The van der Waals surface area contributed by atoms with Crippen LogP contribution in [0.15, 0.2) is 35.8 Å². The Kier molecular flexibility index (Phi) is 8.69. The average Bonchev–Trinajstić information content (AvgIpc) is 3.26. The zero-order valence-electron chi connectivity index (χ0n) is 21.9. The molecule has 1 aliphatic rings. The summed E-state index contributed by atoms with van der Waals surface area (Å²) in [5.74, 6) is 1.40. The molecule has 0 bridgehead atoms. The Balaban J connectivity index is 1.41. The van der Waals surface area contributed by atoms with Crippen molar-refractivity contribution in [1.82, 2.24) is 9.88 Å². The van der Waals surface area contributed by atoms with Gasteiger partial charge in [-0.1, -0.05) is 0 Å². The molecule has 4 rings (SSSR count). The minimum atomic E-state index is -0.296. The molecule has 194 valence electrons. The van der Waals surface area contributed by atoms with Crippen molar-refractivity contribution in [2.45, 2.75) is 72.3 Å². The lowest BCUT2D eigenvalue weighted by Gasteiger charge is -2.33. The van der Waals surface area contributed by atoms with Crippen LogP contribution in [0.4, 0.5) is 5.69 Å². The number of nitrogens with one attached hydrogen (secondary N) is 1. The first kappa shape index (κ1) is 26.2. The van der Waals surface area contributed by atoms with Crippen LogP contribution in [0.3, 0.4) is 0 Å². The minimum Gasteiger partial charge on any atom is -0.491 e. The average molecular weight is 512 g/mol. The van der Waals surface area contributed by atoms with E-state index in [0.717, 1.165) is 59.9 Å². The van der Waals surface area contributed by atoms with Gasteiger partial charge in [0.25, 0.3) is 0 Å². The normalized spacial score (nSPS) is 15.0. The molecule has 0 radical (unpaired) electrons. The van der Waals surface area contributed by atoms with Crippen molar-refractivity contribution >= 4 is 33.2 Å². The van der Waals surface area contributed by atoms with E-state index in [1.165, 1.54) is 16.9 Å². The van der Waals surface area contributed by atoms with Crippen molar-refractivity contribution in [1.29, 1.82) is 0 Å². The molecule has 0 amide bonds. The van der Waals surface area contributed by atoms with Gasteiger partial charge in [0.2, 0.25) is 0 Å². The first-order valence-corrected chi connectivity index (χ1v) is 13.7. The molecule has 7 nitrogen and oxygen atoms in total. The lowest BCUT2D eigenvalue weighted by molar-refractivity contribution is 0.0527. The maximum Gasteiger partial charge on any atom is 0.340 e. The fourth-order valence-electron chi connectivity index (χ4n) is 4.52. The van der Waals surface area contributed by atoms with Crippen LogP contribution in [0.5, 0.6) is 11.5 Å². The summed E-state index contributed by atoms with van der Waals surface area (Å²) in [5.41, 5.74) is 5.28. The lowest BCUT2D eigenvalue weighted by Crippen LogP contribution is -2.38. The number of hydrogen-bond acceptors (Lipinski definition) is 8. The van der Waals surface area contributed by atoms with Crippen LogP contribution in [-0.4, -0.2) is 53.8 Å². The highest BCUT2D eigenvalue weighted by Crippen LogP contribution is 2.30. The van der Waals surface area contributed by atoms with Crippen molar-refractivity contribution < 1.29 is 19.0 Å². The zero-order valence-corrected chi connectivity index (χ0v) is 22.7.